The van der Waals surface area contributed by atoms with Crippen molar-refractivity contribution in [1.29, 1.82) is 0 Å². The Bertz CT molecular complexity index is 640. The molecular weight excluding hydrogens is 375 g/mol. The number of hydrogen-bond donors (Lipinski definition) is 1. The average Bonchev–Trinajstić information content (AvgIpc) is 2.55. The van der Waals surface area contributed by atoms with Crippen LogP contribution in [0.2, 0.25) is 18.1 Å². The van der Waals surface area contributed by atoms with Crippen molar-refractivity contribution in [2.75, 3.05) is 6.61 Å². The first kappa shape index (κ1) is 23.4. The number of carbonyl (C=O) groups excluding carboxylic acids is 2. The lowest BCUT2D eigenvalue weighted by atomic mass is 10.0. The van der Waals surface area contributed by atoms with Gasteiger partial charge in [0.2, 0.25) is 0 Å². The highest BCUT2D eigenvalue weighted by atomic mass is 28.4. The van der Waals surface area contributed by atoms with E-state index in [4.69, 9.17) is 4.43 Å². The molecule has 1 rings (SSSR count). The number of halogens is 3. The van der Waals surface area contributed by atoms with Gasteiger partial charge in [0.15, 0.2) is 14.1 Å². The van der Waals surface area contributed by atoms with Gasteiger partial charge in [-0.2, -0.15) is 13.2 Å². The highest BCUT2D eigenvalue weighted by Gasteiger charge is 2.41. The maximum Gasteiger partial charge on any atom is 0.471 e. The maximum atomic E-state index is 12.6. The predicted molar refractivity (Wildman–Crippen MR) is 101 cm³/mol. The van der Waals surface area contributed by atoms with Gasteiger partial charge in [-0.3, -0.25) is 9.59 Å². The van der Waals surface area contributed by atoms with Crippen LogP contribution in [-0.2, 0) is 9.22 Å². The lowest BCUT2D eigenvalue weighted by molar-refractivity contribution is -0.174. The molecule has 0 heterocycles. The summed E-state index contributed by atoms with van der Waals surface area (Å²) in [5, 5.41) is 1.85. The van der Waals surface area contributed by atoms with Crippen LogP contribution in [0.5, 0.6) is 0 Å². The van der Waals surface area contributed by atoms with Crippen molar-refractivity contribution in [3.8, 4) is 0 Å². The van der Waals surface area contributed by atoms with E-state index in [1.54, 1.807) is 30.3 Å². The molecule has 0 unspecified atom stereocenters. The third kappa shape index (κ3) is 7.46. The lowest BCUT2D eigenvalue weighted by Crippen LogP contribution is -2.49. The van der Waals surface area contributed by atoms with E-state index in [1.807, 2.05) is 39.2 Å². The van der Waals surface area contributed by atoms with Gasteiger partial charge >= 0.3 is 12.1 Å². The molecular formula is C19H28F3NO3Si. The Morgan fingerprint density at radius 2 is 1.67 bits per heavy atom. The number of rotatable bonds is 8. The van der Waals surface area contributed by atoms with E-state index in [1.165, 1.54) is 0 Å². The van der Waals surface area contributed by atoms with Crippen LogP contribution in [-0.4, -0.2) is 38.8 Å². The number of carbonyl (C=O) groups is 2. The standard InChI is InChI=1S/C19H28F3NO3Si/c1-18(2,3)27(4,5)26-13-15(23-17(25)19(20,21)22)11-12-16(24)14-9-7-6-8-10-14/h6-10,15H,11-13H2,1-5H3,(H,23,25)/t15-/m1/s1. The Morgan fingerprint density at radius 3 is 2.15 bits per heavy atom. The molecule has 0 fully saturated rings. The molecule has 0 aliphatic rings. The third-order valence-corrected chi connectivity index (χ3v) is 9.36. The van der Waals surface area contributed by atoms with Gasteiger partial charge in [-0.25, -0.2) is 0 Å². The highest BCUT2D eigenvalue weighted by Crippen LogP contribution is 2.36. The van der Waals surface area contributed by atoms with Crippen molar-refractivity contribution in [2.24, 2.45) is 0 Å². The van der Waals surface area contributed by atoms with E-state index in [0.717, 1.165) is 0 Å². The summed E-state index contributed by atoms with van der Waals surface area (Å²) in [6, 6.07) is 7.62. The van der Waals surface area contributed by atoms with Crippen LogP contribution in [0.1, 0.15) is 44.0 Å². The molecule has 4 nitrogen and oxygen atoms in total. The minimum atomic E-state index is -4.97. The molecule has 1 aromatic rings. The molecule has 1 amide bonds. The Kier molecular flexibility index (Phi) is 7.80. The van der Waals surface area contributed by atoms with Gasteiger partial charge in [0, 0.05) is 12.0 Å². The van der Waals surface area contributed by atoms with Crippen molar-refractivity contribution in [2.45, 2.75) is 64.0 Å². The number of ketones is 1. The summed E-state index contributed by atoms with van der Waals surface area (Å²) in [6.45, 7) is 9.94. The van der Waals surface area contributed by atoms with Gasteiger partial charge in [0.25, 0.3) is 0 Å². The Morgan fingerprint density at radius 1 is 1.11 bits per heavy atom. The smallest absolute Gasteiger partial charge is 0.415 e. The van der Waals surface area contributed by atoms with Crippen LogP contribution in [0.15, 0.2) is 30.3 Å². The molecule has 152 valence electrons. The molecule has 0 aliphatic carbocycles. The highest BCUT2D eigenvalue weighted by molar-refractivity contribution is 6.74. The van der Waals surface area contributed by atoms with E-state index in [0.29, 0.717) is 5.56 Å². The molecule has 27 heavy (non-hydrogen) atoms. The normalized spacial score (nSPS) is 13.9. The SMILES string of the molecule is CC(C)(C)[Si](C)(C)OC[C@@H](CCC(=O)c1ccccc1)NC(=O)C(F)(F)F. The zero-order chi connectivity index (χ0) is 20.9. The van der Waals surface area contributed by atoms with Crippen molar-refractivity contribution < 1.29 is 27.2 Å². The molecule has 0 spiro atoms. The second kappa shape index (κ2) is 9.01. The van der Waals surface area contributed by atoms with Gasteiger partial charge in [0.05, 0.1) is 12.6 Å². The predicted octanol–water partition coefficient (Wildman–Crippen LogP) is 4.72. The number of benzene rings is 1. The van der Waals surface area contributed by atoms with Gasteiger partial charge in [-0.15, -0.1) is 0 Å². The first-order valence-electron chi connectivity index (χ1n) is 8.84. The van der Waals surface area contributed by atoms with Crippen molar-refractivity contribution in [3.05, 3.63) is 35.9 Å². The van der Waals surface area contributed by atoms with Crippen molar-refractivity contribution in [3.63, 3.8) is 0 Å². The first-order chi connectivity index (χ1) is 12.2. The van der Waals surface area contributed by atoms with E-state index < -0.39 is 26.4 Å². The zero-order valence-corrected chi connectivity index (χ0v) is 17.4. The summed E-state index contributed by atoms with van der Waals surface area (Å²) >= 11 is 0. The molecule has 0 radical (unpaired) electrons. The average molecular weight is 404 g/mol. The van der Waals surface area contributed by atoms with E-state index >= 15 is 0 Å². The third-order valence-electron chi connectivity index (χ3n) is 4.86. The quantitative estimate of drug-likeness (QED) is 0.505. The molecule has 0 saturated heterocycles. The largest absolute Gasteiger partial charge is 0.471 e. The summed E-state index contributed by atoms with van der Waals surface area (Å²) in [7, 11) is -2.20. The number of nitrogens with one attached hydrogen (secondary N) is 1. The Balaban J connectivity index is 2.79. The van der Waals surface area contributed by atoms with Crippen molar-refractivity contribution in [1.82, 2.24) is 5.32 Å². The fourth-order valence-corrected chi connectivity index (χ4v) is 3.11. The van der Waals surface area contributed by atoms with Crippen LogP contribution < -0.4 is 5.32 Å². The summed E-state index contributed by atoms with van der Waals surface area (Å²) < 4.78 is 43.8. The van der Waals surface area contributed by atoms with Crippen LogP contribution in [0, 0.1) is 0 Å². The van der Waals surface area contributed by atoms with E-state index in [2.05, 4.69) is 0 Å². The van der Waals surface area contributed by atoms with Gasteiger partial charge in [0.1, 0.15) is 0 Å². The number of Topliss-reactive ketones (excluding diaryl/α,β-unsaturated/α-hetero) is 1. The van der Waals surface area contributed by atoms with Crippen LogP contribution >= 0.6 is 0 Å². The molecule has 0 aliphatic heterocycles. The summed E-state index contributed by atoms with van der Waals surface area (Å²) in [6.07, 6.45) is -4.88. The van der Waals surface area contributed by atoms with E-state index in [-0.39, 0.29) is 30.3 Å². The first-order valence-corrected chi connectivity index (χ1v) is 11.7. The molecule has 1 atom stereocenters. The summed E-state index contributed by atoms with van der Waals surface area (Å²) in [5.74, 6) is -2.20. The molecule has 1 N–H and O–H groups in total. The fourth-order valence-electron chi connectivity index (χ4n) is 2.06. The molecule has 8 heteroatoms. The Hall–Kier alpha value is -1.67. The fraction of sp³-hybridized carbons (Fsp3) is 0.579. The number of hydrogen-bond acceptors (Lipinski definition) is 3. The topological polar surface area (TPSA) is 55.4 Å². The number of alkyl halides is 3. The van der Waals surface area contributed by atoms with Crippen LogP contribution in [0.4, 0.5) is 13.2 Å². The summed E-state index contributed by atoms with van der Waals surface area (Å²) in [5.41, 5.74) is 0.490. The monoisotopic (exact) mass is 403 g/mol. The van der Waals surface area contributed by atoms with E-state index in [9.17, 15) is 22.8 Å². The molecule has 0 aromatic heterocycles. The minimum absolute atomic E-state index is 0.0215. The maximum absolute atomic E-state index is 12.6. The number of amides is 1. The zero-order valence-electron chi connectivity index (χ0n) is 16.4. The second-order valence-electron chi connectivity index (χ2n) is 8.07. The molecule has 0 saturated carbocycles. The minimum Gasteiger partial charge on any atom is -0.415 e. The Labute approximate surface area is 159 Å². The van der Waals surface area contributed by atoms with Gasteiger partial charge in [-0.05, 0) is 24.6 Å². The van der Waals surface area contributed by atoms with Gasteiger partial charge < -0.3 is 9.74 Å². The summed E-state index contributed by atoms with van der Waals surface area (Å²) in [4.78, 5) is 23.6. The molecule has 0 bridgehead atoms. The second-order valence-corrected chi connectivity index (χ2v) is 12.9. The van der Waals surface area contributed by atoms with Crippen LogP contribution in [0.25, 0.3) is 0 Å². The van der Waals surface area contributed by atoms with Crippen molar-refractivity contribution >= 4 is 20.0 Å². The lowest BCUT2D eigenvalue weighted by Gasteiger charge is -2.37. The molecule has 1 aromatic carbocycles. The van der Waals surface area contributed by atoms with Crippen LogP contribution in [0.3, 0.4) is 0 Å². The van der Waals surface area contributed by atoms with Gasteiger partial charge in [-0.1, -0.05) is 51.1 Å².